The smallest absolute Gasteiger partial charge is 0.413 e. The van der Waals surface area contributed by atoms with Gasteiger partial charge in [-0.2, -0.15) is 5.10 Å². The number of nitrogens with one attached hydrogen (secondary N) is 2. The van der Waals surface area contributed by atoms with Crippen LogP contribution in [0.25, 0.3) is 0 Å². The number of carbonyl (C=O) groups is 1. The number of rotatable bonds is 3. The van der Waals surface area contributed by atoms with Gasteiger partial charge in [-0.3, -0.25) is 10.4 Å². The Morgan fingerprint density at radius 1 is 1.30 bits per heavy atom. The number of anilines is 1. The minimum absolute atomic E-state index is 0.0408. The molecule has 0 aliphatic heterocycles. The molecular weight excluding hydrogens is 254 g/mol. The molecule has 1 amide bonds. The molecule has 1 heterocycles. The van der Waals surface area contributed by atoms with Crippen LogP contribution in [0.5, 0.6) is 0 Å². The van der Waals surface area contributed by atoms with Gasteiger partial charge in [-0.05, 0) is 5.56 Å². The molecule has 0 saturated carbocycles. The van der Waals surface area contributed by atoms with Crippen molar-refractivity contribution in [2.24, 2.45) is 0 Å². The van der Waals surface area contributed by atoms with Gasteiger partial charge < -0.3 is 4.74 Å². The Morgan fingerprint density at radius 3 is 2.60 bits per heavy atom. The van der Waals surface area contributed by atoms with Crippen molar-refractivity contribution in [2.45, 2.75) is 32.8 Å². The lowest BCUT2D eigenvalue weighted by atomic mass is 9.92. The third-order valence-electron chi connectivity index (χ3n) is 2.83. The van der Waals surface area contributed by atoms with Crippen molar-refractivity contribution >= 4 is 11.9 Å². The van der Waals surface area contributed by atoms with Crippen molar-refractivity contribution in [3.8, 4) is 0 Å². The molecule has 1 aromatic heterocycles. The lowest BCUT2D eigenvalue weighted by Crippen LogP contribution is -2.14. The molecule has 106 valence electrons. The zero-order chi connectivity index (χ0) is 14.6. The molecule has 0 unspecified atom stereocenters. The molecule has 5 heteroatoms. The summed E-state index contributed by atoms with van der Waals surface area (Å²) in [6.45, 7) is 6.44. The maximum atomic E-state index is 11.7. The predicted octanol–water partition coefficient (Wildman–Crippen LogP) is 3.46. The Kier molecular flexibility index (Phi) is 4.08. The predicted molar refractivity (Wildman–Crippen MR) is 77.5 cm³/mol. The quantitative estimate of drug-likeness (QED) is 0.900. The maximum absolute atomic E-state index is 11.7. The summed E-state index contributed by atoms with van der Waals surface area (Å²) in [4.78, 5) is 11.7. The fraction of sp³-hybridized carbons (Fsp3) is 0.333. The van der Waals surface area contributed by atoms with Crippen LogP contribution in [0.1, 0.15) is 32.0 Å². The normalized spacial score (nSPS) is 11.2. The minimum Gasteiger partial charge on any atom is -0.444 e. The molecule has 0 atom stereocenters. The molecular formula is C15H19N3O2. The second kappa shape index (κ2) is 5.77. The van der Waals surface area contributed by atoms with E-state index in [1.54, 1.807) is 0 Å². The van der Waals surface area contributed by atoms with Gasteiger partial charge >= 0.3 is 6.09 Å². The summed E-state index contributed by atoms with van der Waals surface area (Å²) < 4.78 is 5.12. The molecule has 2 aromatic rings. The average molecular weight is 273 g/mol. The third kappa shape index (κ3) is 3.85. The first-order valence-corrected chi connectivity index (χ1v) is 6.49. The van der Waals surface area contributed by atoms with E-state index >= 15 is 0 Å². The van der Waals surface area contributed by atoms with E-state index in [2.05, 4.69) is 36.3 Å². The standard InChI is InChI=1S/C15H19N3O2/c1-15(2,3)12-9-13(18-17-12)16-14(19)20-10-11-7-5-4-6-8-11/h4-9H,10H2,1-3H3,(H2,16,17,18,19). The van der Waals surface area contributed by atoms with Crippen LogP contribution in [0.4, 0.5) is 10.6 Å². The number of benzene rings is 1. The summed E-state index contributed by atoms with van der Waals surface area (Å²) in [5.74, 6) is 0.466. The molecule has 20 heavy (non-hydrogen) atoms. The van der Waals surface area contributed by atoms with Crippen LogP contribution in [-0.4, -0.2) is 16.3 Å². The average Bonchev–Trinajstić information content (AvgIpc) is 2.86. The fourth-order valence-electron chi connectivity index (χ4n) is 1.63. The van der Waals surface area contributed by atoms with Gasteiger partial charge in [-0.25, -0.2) is 4.79 Å². The molecule has 0 bridgehead atoms. The van der Waals surface area contributed by atoms with E-state index in [0.717, 1.165) is 11.3 Å². The summed E-state index contributed by atoms with van der Waals surface area (Å²) >= 11 is 0. The molecule has 0 saturated heterocycles. The molecule has 1 aromatic carbocycles. The lowest BCUT2D eigenvalue weighted by Gasteiger charge is -2.14. The highest BCUT2D eigenvalue weighted by Gasteiger charge is 2.17. The molecule has 0 aliphatic rings. The first-order chi connectivity index (χ1) is 9.45. The highest BCUT2D eigenvalue weighted by Crippen LogP contribution is 2.21. The van der Waals surface area contributed by atoms with Crippen molar-refractivity contribution in [1.29, 1.82) is 0 Å². The monoisotopic (exact) mass is 273 g/mol. The molecule has 5 nitrogen and oxygen atoms in total. The van der Waals surface area contributed by atoms with Crippen molar-refractivity contribution in [2.75, 3.05) is 5.32 Å². The van der Waals surface area contributed by atoms with Gasteiger partial charge in [0.2, 0.25) is 0 Å². The summed E-state index contributed by atoms with van der Waals surface area (Å²) in [7, 11) is 0. The summed E-state index contributed by atoms with van der Waals surface area (Å²) in [5, 5.41) is 9.55. The van der Waals surface area contributed by atoms with E-state index < -0.39 is 6.09 Å². The lowest BCUT2D eigenvalue weighted by molar-refractivity contribution is 0.155. The van der Waals surface area contributed by atoms with E-state index in [0.29, 0.717) is 5.82 Å². The van der Waals surface area contributed by atoms with Gasteiger partial charge in [0, 0.05) is 17.2 Å². The number of carbonyl (C=O) groups excluding carboxylic acids is 1. The zero-order valence-electron chi connectivity index (χ0n) is 11.9. The van der Waals surface area contributed by atoms with E-state index in [1.165, 1.54) is 0 Å². The van der Waals surface area contributed by atoms with Gasteiger partial charge in [-0.15, -0.1) is 0 Å². The van der Waals surface area contributed by atoms with Gasteiger partial charge in [0.25, 0.3) is 0 Å². The number of ether oxygens (including phenoxy) is 1. The number of nitrogens with zero attached hydrogens (tertiary/aromatic N) is 1. The number of hydrogen-bond donors (Lipinski definition) is 2. The number of aromatic amines is 1. The van der Waals surface area contributed by atoms with Gasteiger partial charge in [-0.1, -0.05) is 51.1 Å². The number of amides is 1. The first-order valence-electron chi connectivity index (χ1n) is 6.49. The highest BCUT2D eigenvalue weighted by molar-refractivity contribution is 5.83. The zero-order valence-corrected chi connectivity index (χ0v) is 11.9. The summed E-state index contributed by atoms with van der Waals surface area (Å²) in [5.41, 5.74) is 1.86. The van der Waals surface area contributed by atoms with Crippen molar-refractivity contribution in [1.82, 2.24) is 10.2 Å². The number of H-pyrrole nitrogens is 1. The molecule has 2 rings (SSSR count). The second-order valence-corrected chi connectivity index (χ2v) is 5.60. The molecule has 0 radical (unpaired) electrons. The Balaban J connectivity index is 1.87. The minimum atomic E-state index is -0.513. The highest BCUT2D eigenvalue weighted by atomic mass is 16.5. The SMILES string of the molecule is CC(C)(C)c1cc(NC(=O)OCc2ccccc2)n[nH]1. The van der Waals surface area contributed by atoms with E-state index in [4.69, 9.17) is 4.74 Å². The Bertz CT molecular complexity index is 570. The van der Waals surface area contributed by atoms with Crippen molar-refractivity contribution < 1.29 is 9.53 Å². The van der Waals surface area contributed by atoms with Crippen LogP contribution < -0.4 is 5.32 Å². The van der Waals surface area contributed by atoms with Crippen LogP contribution in [0.15, 0.2) is 36.4 Å². The Labute approximate surface area is 118 Å². The fourth-order valence-corrected chi connectivity index (χ4v) is 1.63. The largest absolute Gasteiger partial charge is 0.444 e. The molecule has 2 N–H and O–H groups in total. The van der Waals surface area contributed by atoms with E-state index in [1.807, 2.05) is 36.4 Å². The van der Waals surface area contributed by atoms with Crippen LogP contribution >= 0.6 is 0 Å². The van der Waals surface area contributed by atoms with Crippen LogP contribution in [0, 0.1) is 0 Å². The van der Waals surface area contributed by atoms with Crippen LogP contribution in [-0.2, 0) is 16.8 Å². The molecule has 0 aliphatic carbocycles. The van der Waals surface area contributed by atoms with E-state index in [9.17, 15) is 4.79 Å². The van der Waals surface area contributed by atoms with Crippen LogP contribution in [0.3, 0.4) is 0 Å². The number of hydrogen-bond acceptors (Lipinski definition) is 3. The third-order valence-corrected chi connectivity index (χ3v) is 2.83. The van der Waals surface area contributed by atoms with Crippen molar-refractivity contribution in [3.63, 3.8) is 0 Å². The van der Waals surface area contributed by atoms with Crippen molar-refractivity contribution in [3.05, 3.63) is 47.7 Å². The second-order valence-electron chi connectivity index (χ2n) is 5.60. The Hall–Kier alpha value is -2.30. The van der Waals surface area contributed by atoms with Gasteiger partial charge in [0.15, 0.2) is 5.82 Å². The van der Waals surface area contributed by atoms with Gasteiger partial charge in [0.1, 0.15) is 6.61 Å². The maximum Gasteiger partial charge on any atom is 0.413 e. The molecule has 0 spiro atoms. The van der Waals surface area contributed by atoms with E-state index in [-0.39, 0.29) is 12.0 Å². The summed E-state index contributed by atoms with van der Waals surface area (Å²) in [6, 6.07) is 11.3. The van der Waals surface area contributed by atoms with Gasteiger partial charge in [0.05, 0.1) is 0 Å². The van der Waals surface area contributed by atoms with Crippen LogP contribution in [0.2, 0.25) is 0 Å². The topological polar surface area (TPSA) is 67.0 Å². The summed E-state index contributed by atoms with van der Waals surface area (Å²) in [6.07, 6.45) is -0.513. The molecule has 0 fully saturated rings. The Morgan fingerprint density at radius 2 is 2.00 bits per heavy atom. The first kappa shape index (κ1) is 14.1. The number of aromatic nitrogens is 2.